The second kappa shape index (κ2) is 7.13. The molecule has 1 aromatic carbocycles. The van der Waals surface area contributed by atoms with E-state index in [1.807, 2.05) is 18.2 Å². The molecule has 0 radical (unpaired) electrons. The Labute approximate surface area is 125 Å². The number of amides is 1. The third-order valence-corrected chi connectivity index (χ3v) is 3.37. The Kier molecular flexibility index (Phi) is 5.22. The van der Waals surface area contributed by atoms with E-state index < -0.39 is 0 Å². The van der Waals surface area contributed by atoms with Crippen molar-refractivity contribution >= 4 is 22.6 Å². The summed E-state index contributed by atoms with van der Waals surface area (Å²) in [5.41, 5.74) is 8.07. The van der Waals surface area contributed by atoms with Gasteiger partial charge in [-0.15, -0.1) is 0 Å². The summed E-state index contributed by atoms with van der Waals surface area (Å²) >= 11 is 0. The first-order chi connectivity index (χ1) is 10.1. The van der Waals surface area contributed by atoms with Gasteiger partial charge >= 0.3 is 0 Å². The largest absolute Gasteiger partial charge is 0.330 e. The van der Waals surface area contributed by atoms with Crippen molar-refractivity contribution in [3.05, 3.63) is 30.6 Å². The number of nitrogens with two attached hydrogens (primary N) is 1. The zero-order chi connectivity index (χ0) is 15.2. The van der Waals surface area contributed by atoms with Crippen molar-refractivity contribution in [1.29, 1.82) is 0 Å². The Morgan fingerprint density at radius 3 is 2.62 bits per heavy atom. The summed E-state index contributed by atoms with van der Waals surface area (Å²) in [6.45, 7) is 4.82. The van der Waals surface area contributed by atoms with Crippen molar-refractivity contribution in [1.82, 2.24) is 9.97 Å². The number of hydrogen-bond acceptors (Lipinski definition) is 4. The van der Waals surface area contributed by atoms with E-state index in [1.165, 1.54) is 0 Å². The maximum Gasteiger partial charge on any atom is 0.224 e. The van der Waals surface area contributed by atoms with Crippen LogP contribution in [0, 0.1) is 11.8 Å². The Hall–Kier alpha value is -2.01. The molecule has 112 valence electrons. The van der Waals surface area contributed by atoms with Gasteiger partial charge < -0.3 is 11.1 Å². The normalized spacial score (nSPS) is 12.6. The highest BCUT2D eigenvalue weighted by atomic mass is 16.1. The zero-order valence-electron chi connectivity index (χ0n) is 12.5. The number of anilines is 1. The van der Waals surface area contributed by atoms with Crippen LogP contribution in [0.3, 0.4) is 0 Å². The number of nitrogens with one attached hydrogen (secondary N) is 1. The molecule has 0 fully saturated rings. The predicted octanol–water partition coefficient (Wildman–Crippen LogP) is 2.58. The fourth-order valence-corrected chi connectivity index (χ4v) is 2.44. The number of fused-ring (bicyclic) bond motifs is 1. The molecular formula is C16H22N4O. The molecule has 1 amide bonds. The summed E-state index contributed by atoms with van der Waals surface area (Å²) < 4.78 is 0. The summed E-state index contributed by atoms with van der Waals surface area (Å²) in [5.74, 6) is 0.766. The Morgan fingerprint density at radius 2 is 1.95 bits per heavy atom. The maximum absolute atomic E-state index is 12.1. The van der Waals surface area contributed by atoms with Gasteiger partial charge in [0.2, 0.25) is 5.91 Å². The zero-order valence-corrected chi connectivity index (χ0v) is 12.5. The highest BCUT2D eigenvalue weighted by molar-refractivity contribution is 5.93. The molecular weight excluding hydrogens is 264 g/mol. The fourth-order valence-electron chi connectivity index (χ4n) is 2.44. The molecule has 0 saturated carbocycles. The van der Waals surface area contributed by atoms with Crippen LogP contribution in [0.2, 0.25) is 0 Å². The molecule has 5 heteroatoms. The third kappa shape index (κ3) is 4.49. The van der Waals surface area contributed by atoms with Crippen molar-refractivity contribution in [3.8, 4) is 0 Å². The number of hydrogen-bond donors (Lipinski definition) is 2. The minimum absolute atomic E-state index is 0.00524. The lowest BCUT2D eigenvalue weighted by atomic mass is 9.94. The van der Waals surface area contributed by atoms with E-state index in [2.05, 4.69) is 29.1 Å². The quantitative estimate of drug-likeness (QED) is 0.855. The van der Waals surface area contributed by atoms with Crippen molar-refractivity contribution in [3.63, 3.8) is 0 Å². The first-order valence-corrected chi connectivity index (χ1v) is 7.29. The van der Waals surface area contributed by atoms with Crippen molar-refractivity contribution in [2.45, 2.75) is 26.7 Å². The highest BCUT2D eigenvalue weighted by Crippen LogP contribution is 2.18. The molecule has 3 N–H and O–H groups in total. The number of rotatable bonds is 6. The molecule has 2 aromatic rings. The Morgan fingerprint density at radius 1 is 1.24 bits per heavy atom. The molecule has 5 nitrogen and oxygen atoms in total. The van der Waals surface area contributed by atoms with E-state index in [0.717, 1.165) is 23.1 Å². The van der Waals surface area contributed by atoms with Gasteiger partial charge in [0.25, 0.3) is 0 Å². The smallest absolute Gasteiger partial charge is 0.224 e. The van der Waals surface area contributed by atoms with Gasteiger partial charge in [-0.3, -0.25) is 14.8 Å². The number of benzene rings is 1. The minimum Gasteiger partial charge on any atom is -0.330 e. The standard InChI is InChI=1S/C16H22N4O/c1-11(2)7-12(10-17)8-16(21)20-13-3-4-14-15(9-13)19-6-5-18-14/h3-6,9,11-12H,7-8,10,17H2,1-2H3,(H,20,21). The number of carbonyl (C=O) groups excluding carboxylic acids is 1. The van der Waals surface area contributed by atoms with Crippen molar-refractivity contribution in [2.24, 2.45) is 17.6 Å². The van der Waals surface area contributed by atoms with Crippen LogP contribution in [0.4, 0.5) is 5.69 Å². The topological polar surface area (TPSA) is 80.9 Å². The molecule has 1 aromatic heterocycles. The average molecular weight is 286 g/mol. The van der Waals surface area contributed by atoms with Gasteiger partial charge in [0.1, 0.15) is 0 Å². The van der Waals surface area contributed by atoms with Gasteiger partial charge in [0.15, 0.2) is 0 Å². The van der Waals surface area contributed by atoms with Gasteiger partial charge in [-0.2, -0.15) is 0 Å². The third-order valence-electron chi connectivity index (χ3n) is 3.37. The van der Waals surface area contributed by atoms with Gasteiger partial charge in [0.05, 0.1) is 11.0 Å². The van der Waals surface area contributed by atoms with Gasteiger partial charge in [-0.1, -0.05) is 13.8 Å². The summed E-state index contributed by atoms with van der Waals surface area (Å²) in [6.07, 6.45) is 4.71. The van der Waals surface area contributed by atoms with Crippen LogP contribution in [0.5, 0.6) is 0 Å². The molecule has 0 spiro atoms. The first kappa shape index (κ1) is 15.4. The Bertz CT molecular complexity index is 612. The number of nitrogens with zero attached hydrogens (tertiary/aromatic N) is 2. The lowest BCUT2D eigenvalue weighted by Gasteiger charge is -2.16. The van der Waals surface area contributed by atoms with Crippen LogP contribution in [-0.2, 0) is 4.79 Å². The van der Waals surface area contributed by atoms with Gasteiger partial charge in [-0.25, -0.2) is 0 Å². The summed E-state index contributed by atoms with van der Waals surface area (Å²) in [6, 6.07) is 5.53. The predicted molar refractivity (Wildman–Crippen MR) is 84.8 cm³/mol. The van der Waals surface area contributed by atoms with Crippen molar-refractivity contribution in [2.75, 3.05) is 11.9 Å². The molecule has 0 aliphatic rings. The van der Waals surface area contributed by atoms with Crippen LogP contribution < -0.4 is 11.1 Å². The van der Waals surface area contributed by atoms with Crippen LogP contribution >= 0.6 is 0 Å². The lowest BCUT2D eigenvalue weighted by molar-refractivity contribution is -0.117. The molecule has 0 bridgehead atoms. The van der Waals surface area contributed by atoms with Crippen LogP contribution in [0.25, 0.3) is 11.0 Å². The fraction of sp³-hybridized carbons (Fsp3) is 0.438. The molecule has 0 aliphatic heterocycles. The monoisotopic (exact) mass is 286 g/mol. The van der Waals surface area contributed by atoms with E-state index in [0.29, 0.717) is 18.9 Å². The molecule has 1 unspecified atom stereocenters. The summed E-state index contributed by atoms with van der Waals surface area (Å²) in [7, 11) is 0. The summed E-state index contributed by atoms with van der Waals surface area (Å²) in [5, 5.41) is 2.91. The van der Waals surface area contributed by atoms with Crippen LogP contribution in [0.1, 0.15) is 26.7 Å². The molecule has 0 aliphatic carbocycles. The van der Waals surface area contributed by atoms with Crippen LogP contribution in [-0.4, -0.2) is 22.4 Å². The van der Waals surface area contributed by atoms with Crippen LogP contribution in [0.15, 0.2) is 30.6 Å². The van der Waals surface area contributed by atoms with E-state index in [-0.39, 0.29) is 11.8 Å². The molecule has 1 heterocycles. The van der Waals surface area contributed by atoms with E-state index in [1.54, 1.807) is 12.4 Å². The maximum atomic E-state index is 12.1. The average Bonchev–Trinajstić information content (AvgIpc) is 2.45. The minimum atomic E-state index is -0.00524. The second-order valence-electron chi connectivity index (χ2n) is 5.74. The van der Waals surface area contributed by atoms with Crippen molar-refractivity contribution < 1.29 is 4.79 Å². The van der Waals surface area contributed by atoms with E-state index >= 15 is 0 Å². The number of aromatic nitrogens is 2. The molecule has 2 rings (SSSR count). The van der Waals surface area contributed by atoms with Gasteiger partial charge in [0, 0.05) is 24.5 Å². The number of carbonyl (C=O) groups is 1. The molecule has 1 atom stereocenters. The highest BCUT2D eigenvalue weighted by Gasteiger charge is 2.14. The second-order valence-corrected chi connectivity index (χ2v) is 5.74. The molecule has 21 heavy (non-hydrogen) atoms. The summed E-state index contributed by atoms with van der Waals surface area (Å²) in [4.78, 5) is 20.5. The first-order valence-electron chi connectivity index (χ1n) is 7.29. The van der Waals surface area contributed by atoms with E-state index in [9.17, 15) is 4.79 Å². The molecule has 0 saturated heterocycles. The Balaban J connectivity index is 2.00. The lowest BCUT2D eigenvalue weighted by Crippen LogP contribution is -2.23. The SMILES string of the molecule is CC(C)CC(CN)CC(=O)Nc1ccc2nccnc2c1. The van der Waals surface area contributed by atoms with E-state index in [4.69, 9.17) is 5.73 Å². The van der Waals surface area contributed by atoms with Gasteiger partial charge in [-0.05, 0) is 43.0 Å².